The van der Waals surface area contributed by atoms with Crippen LogP contribution in [0.4, 0.5) is 5.13 Å². The van der Waals surface area contributed by atoms with Crippen LogP contribution in [0.5, 0.6) is 0 Å². The highest BCUT2D eigenvalue weighted by Crippen LogP contribution is 2.32. The zero-order valence-electron chi connectivity index (χ0n) is 14.1. The molecule has 4 rings (SSSR count). The number of guanidine groups is 1. The lowest BCUT2D eigenvalue weighted by atomic mass is 10.1. The quantitative estimate of drug-likeness (QED) is 0.311. The number of nitrogens with one attached hydrogen (secondary N) is 2. The van der Waals surface area contributed by atoms with E-state index >= 15 is 0 Å². The standard InChI is InChI=1S/C19H16ClN5S.ClH/c20-13-6-7-16-14(8-13)15(10-22-16)17-11-26-19(24-17)25-18(21)23-9-12-4-2-1-3-5-12;/h1-8,10-11,22H,9H2,(H3,21,23,24,25);1H. The number of nitrogens with zero attached hydrogens (tertiary/aromatic N) is 2. The van der Waals surface area contributed by atoms with Crippen molar-refractivity contribution >= 4 is 57.3 Å². The molecule has 0 aliphatic carbocycles. The maximum atomic E-state index is 6.12. The smallest absolute Gasteiger partial charge is 0.195 e. The Labute approximate surface area is 171 Å². The third kappa shape index (κ3) is 4.42. The highest BCUT2D eigenvalue weighted by atomic mass is 35.5. The van der Waals surface area contributed by atoms with Crippen LogP contribution in [0.1, 0.15) is 5.56 Å². The van der Waals surface area contributed by atoms with E-state index in [1.165, 1.54) is 11.3 Å². The minimum absolute atomic E-state index is 0. The van der Waals surface area contributed by atoms with Crippen LogP contribution in [0.25, 0.3) is 22.2 Å². The van der Waals surface area contributed by atoms with Gasteiger partial charge in [0.2, 0.25) is 0 Å². The van der Waals surface area contributed by atoms with Crippen LogP contribution in [0.15, 0.2) is 65.1 Å². The Balaban J connectivity index is 0.00000210. The topological polar surface area (TPSA) is 79.1 Å². The lowest BCUT2D eigenvalue weighted by Gasteiger charge is -2.02. The summed E-state index contributed by atoms with van der Waals surface area (Å²) in [6.45, 7) is 0.527. The molecule has 2 aromatic carbocycles. The van der Waals surface area contributed by atoms with E-state index in [4.69, 9.17) is 17.3 Å². The minimum atomic E-state index is 0. The predicted molar refractivity (Wildman–Crippen MR) is 117 cm³/mol. The number of hydrogen-bond donors (Lipinski definition) is 3. The van der Waals surface area contributed by atoms with Crippen molar-refractivity contribution in [2.45, 2.75) is 6.54 Å². The Morgan fingerprint density at radius 1 is 1.22 bits per heavy atom. The van der Waals surface area contributed by atoms with Crippen molar-refractivity contribution in [2.24, 2.45) is 10.7 Å². The van der Waals surface area contributed by atoms with Crippen molar-refractivity contribution in [3.63, 3.8) is 0 Å². The number of thiazole rings is 1. The van der Waals surface area contributed by atoms with Gasteiger partial charge in [0, 0.05) is 33.1 Å². The molecule has 0 aliphatic heterocycles. The highest BCUT2D eigenvalue weighted by Gasteiger charge is 2.11. The maximum Gasteiger partial charge on any atom is 0.195 e. The van der Waals surface area contributed by atoms with E-state index in [0.717, 1.165) is 27.7 Å². The minimum Gasteiger partial charge on any atom is -0.370 e. The average molecular weight is 418 g/mol. The summed E-state index contributed by atoms with van der Waals surface area (Å²) in [5.74, 6) is 0.344. The molecule has 0 bridgehead atoms. The van der Waals surface area contributed by atoms with Crippen molar-refractivity contribution in [2.75, 3.05) is 5.32 Å². The van der Waals surface area contributed by atoms with E-state index in [9.17, 15) is 0 Å². The van der Waals surface area contributed by atoms with Crippen LogP contribution in [0.3, 0.4) is 0 Å². The molecule has 4 N–H and O–H groups in total. The van der Waals surface area contributed by atoms with Crippen molar-refractivity contribution < 1.29 is 0 Å². The number of anilines is 1. The molecule has 0 aliphatic rings. The molecule has 4 aromatic rings. The number of nitrogens with two attached hydrogens (primary N) is 1. The van der Waals surface area contributed by atoms with Crippen LogP contribution in [0, 0.1) is 0 Å². The molecule has 0 atom stereocenters. The number of fused-ring (bicyclic) bond motifs is 1. The van der Waals surface area contributed by atoms with Crippen LogP contribution in [-0.2, 0) is 6.54 Å². The van der Waals surface area contributed by atoms with Crippen molar-refractivity contribution in [3.05, 3.63) is 70.7 Å². The Morgan fingerprint density at radius 3 is 2.85 bits per heavy atom. The molecule has 27 heavy (non-hydrogen) atoms. The Kier molecular flexibility index (Phi) is 6.01. The third-order valence-electron chi connectivity index (χ3n) is 3.93. The molecule has 0 saturated heterocycles. The molecule has 0 amide bonds. The second kappa shape index (κ2) is 8.43. The number of aromatic nitrogens is 2. The molecule has 0 radical (unpaired) electrons. The third-order valence-corrected chi connectivity index (χ3v) is 4.93. The number of aliphatic imine (C=N–C) groups is 1. The van der Waals surface area contributed by atoms with E-state index in [0.29, 0.717) is 22.7 Å². The molecule has 0 unspecified atom stereocenters. The normalized spacial score (nSPS) is 11.4. The van der Waals surface area contributed by atoms with Gasteiger partial charge in [-0.05, 0) is 23.8 Å². The number of rotatable bonds is 4. The highest BCUT2D eigenvalue weighted by molar-refractivity contribution is 7.14. The Bertz CT molecular complexity index is 1070. The predicted octanol–water partition coefficient (Wildman–Crippen LogP) is 5.29. The molecule has 8 heteroatoms. The molecule has 0 fully saturated rings. The first-order chi connectivity index (χ1) is 12.7. The Hall–Kier alpha value is -2.54. The number of hydrogen-bond acceptors (Lipinski definition) is 3. The summed E-state index contributed by atoms with van der Waals surface area (Å²) in [4.78, 5) is 12.2. The summed E-state index contributed by atoms with van der Waals surface area (Å²) in [7, 11) is 0. The SMILES string of the molecule is Cl.NC(=NCc1ccccc1)Nc1nc(-c2c[nH]c3ccc(Cl)cc23)cs1. The maximum absolute atomic E-state index is 6.12. The first kappa shape index (κ1) is 19.2. The van der Waals surface area contributed by atoms with Gasteiger partial charge in [-0.25, -0.2) is 9.98 Å². The van der Waals surface area contributed by atoms with Crippen molar-refractivity contribution in [1.29, 1.82) is 0 Å². The zero-order chi connectivity index (χ0) is 17.9. The van der Waals surface area contributed by atoms with E-state index in [1.807, 2.05) is 60.1 Å². The van der Waals surface area contributed by atoms with Crippen molar-refractivity contribution in [3.8, 4) is 11.3 Å². The van der Waals surface area contributed by atoms with E-state index in [1.54, 1.807) is 0 Å². The first-order valence-corrected chi connectivity index (χ1v) is 9.28. The van der Waals surface area contributed by atoms with Gasteiger partial charge in [0.05, 0.1) is 12.2 Å². The fourth-order valence-corrected chi connectivity index (χ4v) is 3.56. The van der Waals surface area contributed by atoms with E-state index < -0.39 is 0 Å². The van der Waals surface area contributed by atoms with Gasteiger partial charge in [0.15, 0.2) is 11.1 Å². The van der Waals surface area contributed by atoms with Gasteiger partial charge < -0.3 is 16.0 Å². The number of benzene rings is 2. The molecular formula is C19H17Cl2N5S. The van der Waals surface area contributed by atoms with Gasteiger partial charge in [0.1, 0.15) is 0 Å². The fourth-order valence-electron chi connectivity index (χ4n) is 2.67. The summed E-state index contributed by atoms with van der Waals surface area (Å²) in [5.41, 5.74) is 9.97. The molecular weight excluding hydrogens is 401 g/mol. The lowest BCUT2D eigenvalue weighted by molar-refractivity contribution is 1.06. The van der Waals surface area contributed by atoms with Crippen LogP contribution in [-0.4, -0.2) is 15.9 Å². The van der Waals surface area contributed by atoms with Gasteiger partial charge in [-0.3, -0.25) is 0 Å². The summed E-state index contributed by atoms with van der Waals surface area (Å²) >= 11 is 7.60. The van der Waals surface area contributed by atoms with Crippen LogP contribution >= 0.6 is 35.3 Å². The van der Waals surface area contributed by atoms with Gasteiger partial charge in [-0.1, -0.05) is 41.9 Å². The fraction of sp³-hybridized carbons (Fsp3) is 0.0526. The second-order valence-electron chi connectivity index (χ2n) is 5.74. The molecule has 2 heterocycles. The van der Waals surface area contributed by atoms with Crippen molar-refractivity contribution in [1.82, 2.24) is 9.97 Å². The zero-order valence-corrected chi connectivity index (χ0v) is 16.5. The Morgan fingerprint density at radius 2 is 2.04 bits per heavy atom. The monoisotopic (exact) mass is 417 g/mol. The van der Waals surface area contributed by atoms with Crippen LogP contribution in [0.2, 0.25) is 5.02 Å². The molecule has 0 saturated carbocycles. The number of halogens is 2. The van der Waals surface area contributed by atoms with Gasteiger partial charge in [-0.2, -0.15) is 0 Å². The molecule has 2 aromatic heterocycles. The second-order valence-corrected chi connectivity index (χ2v) is 7.04. The average Bonchev–Trinajstić information content (AvgIpc) is 3.27. The summed E-state index contributed by atoms with van der Waals surface area (Å²) < 4.78 is 0. The number of H-pyrrole nitrogens is 1. The van der Waals surface area contributed by atoms with Crippen LogP contribution < -0.4 is 11.1 Å². The first-order valence-electron chi connectivity index (χ1n) is 8.02. The molecule has 138 valence electrons. The molecule has 5 nitrogen and oxygen atoms in total. The lowest BCUT2D eigenvalue weighted by Crippen LogP contribution is -2.22. The number of aromatic amines is 1. The van der Waals surface area contributed by atoms with Gasteiger partial charge in [0.25, 0.3) is 0 Å². The van der Waals surface area contributed by atoms with E-state index in [2.05, 4.69) is 20.3 Å². The summed E-state index contributed by atoms with van der Waals surface area (Å²) in [6, 6.07) is 15.7. The summed E-state index contributed by atoms with van der Waals surface area (Å²) in [5, 5.41) is 7.48. The summed E-state index contributed by atoms with van der Waals surface area (Å²) in [6.07, 6.45) is 1.94. The largest absolute Gasteiger partial charge is 0.370 e. The van der Waals surface area contributed by atoms with E-state index in [-0.39, 0.29) is 12.4 Å². The molecule has 0 spiro atoms. The van der Waals surface area contributed by atoms with Gasteiger partial charge in [-0.15, -0.1) is 23.7 Å². The van der Waals surface area contributed by atoms with Gasteiger partial charge >= 0.3 is 0 Å².